The Bertz CT molecular complexity index is 1140. The molecule has 34 heavy (non-hydrogen) atoms. The van der Waals surface area contributed by atoms with E-state index in [1.165, 1.54) is 11.1 Å². The number of benzene rings is 4. The number of ether oxygens (including phenoxy) is 2. The molecule has 3 nitrogen and oxygen atoms in total. The summed E-state index contributed by atoms with van der Waals surface area (Å²) in [5.74, 6) is 1.69. The Morgan fingerprint density at radius 3 is 1.76 bits per heavy atom. The minimum Gasteiger partial charge on any atom is -0.489 e. The van der Waals surface area contributed by atoms with E-state index < -0.39 is 0 Å². The van der Waals surface area contributed by atoms with E-state index in [9.17, 15) is 4.79 Å². The zero-order valence-electron chi connectivity index (χ0n) is 19.5. The fourth-order valence-corrected chi connectivity index (χ4v) is 3.35. The third-order valence-corrected chi connectivity index (χ3v) is 5.41. The third kappa shape index (κ3) is 8.53. The summed E-state index contributed by atoms with van der Waals surface area (Å²) in [6.45, 7) is 5.02. The second-order valence-electron chi connectivity index (χ2n) is 7.87. The van der Waals surface area contributed by atoms with Crippen LogP contribution in [0, 0.1) is 6.92 Å². The van der Waals surface area contributed by atoms with Gasteiger partial charge in [0.05, 0.1) is 4.83 Å². The summed E-state index contributed by atoms with van der Waals surface area (Å²) in [5, 5.41) is 0. The van der Waals surface area contributed by atoms with Crippen LogP contribution in [0.1, 0.15) is 34.0 Å². The average Bonchev–Trinajstić information content (AvgIpc) is 2.88. The summed E-state index contributed by atoms with van der Waals surface area (Å²) >= 11 is 3.29. The van der Waals surface area contributed by atoms with E-state index in [0.717, 1.165) is 11.3 Å². The monoisotopic (exact) mass is 516 g/mol. The number of hydrogen-bond donors (Lipinski definition) is 0. The third-order valence-electron chi connectivity index (χ3n) is 5.00. The molecular formula is C30H29BrO3. The molecule has 0 amide bonds. The molecule has 0 aliphatic carbocycles. The quantitative estimate of drug-likeness (QED) is 0.177. The number of rotatable bonds is 8. The second kappa shape index (κ2) is 13.4. The standard InChI is InChI=1S/C16H15BrO2.C14H14O/c1-12(17)16(18)14-8-5-9-15(10-14)19-11-13-6-3-2-4-7-13;1-12-7-9-14(10-8-12)15-11-13-5-3-2-4-6-13/h2-10,12H,11H2,1H3;2-10H,11H2,1H3. The van der Waals surface area contributed by atoms with Crippen molar-refractivity contribution < 1.29 is 14.3 Å². The van der Waals surface area contributed by atoms with Crippen LogP contribution in [0.25, 0.3) is 0 Å². The van der Waals surface area contributed by atoms with Crippen molar-refractivity contribution in [1.82, 2.24) is 0 Å². The molecule has 0 aliphatic heterocycles. The molecule has 4 rings (SSSR count). The van der Waals surface area contributed by atoms with E-state index in [1.54, 1.807) is 12.1 Å². The fraction of sp³-hybridized carbons (Fsp3) is 0.167. The molecule has 1 atom stereocenters. The van der Waals surface area contributed by atoms with Gasteiger partial charge in [-0.1, -0.05) is 106 Å². The molecule has 4 aromatic carbocycles. The van der Waals surface area contributed by atoms with Crippen LogP contribution in [0.5, 0.6) is 11.5 Å². The minimum absolute atomic E-state index is 0.0603. The van der Waals surface area contributed by atoms with E-state index >= 15 is 0 Å². The summed E-state index contributed by atoms with van der Waals surface area (Å²) < 4.78 is 11.3. The molecule has 0 aromatic heterocycles. The van der Waals surface area contributed by atoms with Gasteiger partial charge in [-0.2, -0.15) is 0 Å². The SMILES string of the molecule is CC(Br)C(=O)c1cccc(OCc2ccccc2)c1.Cc1ccc(OCc2ccccc2)cc1. The average molecular weight is 517 g/mol. The van der Waals surface area contributed by atoms with E-state index in [-0.39, 0.29) is 10.6 Å². The first-order valence-electron chi connectivity index (χ1n) is 11.2. The molecular weight excluding hydrogens is 488 g/mol. The first kappa shape index (κ1) is 25.3. The van der Waals surface area contributed by atoms with Crippen molar-refractivity contribution >= 4 is 21.7 Å². The Balaban J connectivity index is 0.000000196. The van der Waals surface area contributed by atoms with E-state index in [2.05, 4.69) is 47.1 Å². The van der Waals surface area contributed by atoms with Crippen LogP contribution in [0.15, 0.2) is 109 Å². The van der Waals surface area contributed by atoms with Crippen molar-refractivity contribution in [2.45, 2.75) is 31.9 Å². The molecule has 0 aliphatic rings. The lowest BCUT2D eigenvalue weighted by Gasteiger charge is -2.08. The number of hydrogen-bond acceptors (Lipinski definition) is 3. The van der Waals surface area contributed by atoms with Crippen molar-refractivity contribution in [2.75, 3.05) is 0 Å². The van der Waals surface area contributed by atoms with Crippen molar-refractivity contribution in [2.24, 2.45) is 0 Å². The summed E-state index contributed by atoms with van der Waals surface area (Å²) in [4.78, 5) is 11.7. The zero-order chi connectivity index (χ0) is 24.2. The molecule has 0 radical (unpaired) electrons. The Morgan fingerprint density at radius 1 is 0.706 bits per heavy atom. The predicted molar refractivity (Wildman–Crippen MR) is 142 cm³/mol. The molecule has 0 heterocycles. The largest absolute Gasteiger partial charge is 0.489 e. The number of ketones is 1. The van der Waals surface area contributed by atoms with Gasteiger partial charge in [0.25, 0.3) is 0 Å². The number of alkyl halides is 1. The molecule has 0 saturated carbocycles. The van der Waals surface area contributed by atoms with E-state index in [4.69, 9.17) is 9.47 Å². The number of halogens is 1. The van der Waals surface area contributed by atoms with Gasteiger partial charge in [-0.05, 0) is 49.2 Å². The predicted octanol–water partition coefficient (Wildman–Crippen LogP) is 7.81. The number of aryl methyl sites for hydroxylation is 1. The van der Waals surface area contributed by atoms with Crippen molar-refractivity contribution in [3.05, 3.63) is 131 Å². The van der Waals surface area contributed by atoms with Gasteiger partial charge in [-0.3, -0.25) is 4.79 Å². The Hall–Kier alpha value is -3.37. The molecule has 174 valence electrons. The fourth-order valence-electron chi connectivity index (χ4n) is 3.09. The smallest absolute Gasteiger partial charge is 0.176 e. The Morgan fingerprint density at radius 2 is 1.24 bits per heavy atom. The summed E-state index contributed by atoms with van der Waals surface area (Å²) in [6.07, 6.45) is 0. The van der Waals surface area contributed by atoms with Gasteiger partial charge in [-0.25, -0.2) is 0 Å². The van der Waals surface area contributed by atoms with Gasteiger partial charge in [0, 0.05) is 5.56 Å². The van der Waals surface area contributed by atoms with Crippen LogP contribution in [-0.4, -0.2) is 10.6 Å². The molecule has 0 spiro atoms. The van der Waals surface area contributed by atoms with Gasteiger partial charge >= 0.3 is 0 Å². The van der Waals surface area contributed by atoms with Gasteiger partial charge < -0.3 is 9.47 Å². The van der Waals surface area contributed by atoms with Gasteiger partial charge in [-0.15, -0.1) is 0 Å². The Labute approximate surface area is 210 Å². The van der Waals surface area contributed by atoms with Crippen LogP contribution in [0.4, 0.5) is 0 Å². The maximum atomic E-state index is 11.9. The lowest BCUT2D eigenvalue weighted by molar-refractivity contribution is 0.0995. The maximum absolute atomic E-state index is 11.9. The maximum Gasteiger partial charge on any atom is 0.176 e. The molecule has 0 bridgehead atoms. The van der Waals surface area contributed by atoms with Crippen LogP contribution < -0.4 is 9.47 Å². The first-order chi connectivity index (χ1) is 16.5. The van der Waals surface area contributed by atoms with Gasteiger partial charge in [0.2, 0.25) is 0 Å². The van der Waals surface area contributed by atoms with Crippen LogP contribution in [0.2, 0.25) is 0 Å². The number of carbonyl (C=O) groups is 1. The normalized spacial score (nSPS) is 11.0. The zero-order valence-corrected chi connectivity index (χ0v) is 21.1. The van der Waals surface area contributed by atoms with Crippen molar-refractivity contribution in [1.29, 1.82) is 0 Å². The highest BCUT2D eigenvalue weighted by atomic mass is 79.9. The minimum atomic E-state index is -0.183. The Kier molecular flexibility index (Phi) is 9.93. The molecule has 4 heteroatoms. The topological polar surface area (TPSA) is 35.5 Å². The van der Waals surface area contributed by atoms with Crippen molar-refractivity contribution in [3.63, 3.8) is 0 Å². The molecule has 0 fully saturated rings. The molecule has 4 aromatic rings. The highest BCUT2D eigenvalue weighted by molar-refractivity contribution is 9.10. The summed E-state index contributed by atoms with van der Waals surface area (Å²) in [6, 6.07) is 35.5. The molecule has 0 N–H and O–H groups in total. The highest BCUT2D eigenvalue weighted by Gasteiger charge is 2.12. The number of Topliss-reactive ketones (excluding diaryl/α,β-unsaturated/α-hetero) is 1. The molecule has 0 saturated heterocycles. The lowest BCUT2D eigenvalue weighted by atomic mass is 10.1. The highest BCUT2D eigenvalue weighted by Crippen LogP contribution is 2.18. The van der Waals surface area contributed by atoms with E-state index in [1.807, 2.05) is 79.7 Å². The van der Waals surface area contributed by atoms with Crippen LogP contribution >= 0.6 is 15.9 Å². The lowest BCUT2D eigenvalue weighted by Crippen LogP contribution is -2.09. The van der Waals surface area contributed by atoms with Crippen LogP contribution in [0.3, 0.4) is 0 Å². The first-order valence-corrected chi connectivity index (χ1v) is 12.1. The second-order valence-corrected chi connectivity index (χ2v) is 9.24. The van der Waals surface area contributed by atoms with Crippen molar-refractivity contribution in [3.8, 4) is 11.5 Å². The summed E-state index contributed by atoms with van der Waals surface area (Å²) in [5.41, 5.74) is 4.21. The molecule has 1 unspecified atom stereocenters. The summed E-state index contributed by atoms with van der Waals surface area (Å²) in [7, 11) is 0. The van der Waals surface area contributed by atoms with Gasteiger partial charge in [0.15, 0.2) is 5.78 Å². The van der Waals surface area contributed by atoms with Gasteiger partial charge in [0.1, 0.15) is 24.7 Å². The van der Waals surface area contributed by atoms with E-state index in [0.29, 0.717) is 24.5 Å². The number of carbonyl (C=O) groups excluding carboxylic acids is 1. The van der Waals surface area contributed by atoms with Crippen LogP contribution in [-0.2, 0) is 13.2 Å².